The van der Waals surface area contributed by atoms with E-state index in [0.717, 1.165) is 46.7 Å². The van der Waals surface area contributed by atoms with Crippen LogP contribution in [0.15, 0.2) is 18.2 Å². The van der Waals surface area contributed by atoms with Crippen LogP contribution in [0.3, 0.4) is 0 Å². The second kappa shape index (κ2) is 10.5. The van der Waals surface area contributed by atoms with Gasteiger partial charge >= 0.3 is 0 Å². The molecule has 0 radical (unpaired) electrons. The van der Waals surface area contributed by atoms with Crippen molar-refractivity contribution in [2.45, 2.75) is 67.0 Å². The monoisotopic (exact) mass is 417 g/mol. The van der Waals surface area contributed by atoms with Crippen LogP contribution >= 0.6 is 11.6 Å². The molecule has 0 atom stereocenters. The van der Waals surface area contributed by atoms with Crippen LogP contribution in [0.1, 0.15) is 54.6 Å². The molecule has 1 amide bonds. The molecule has 1 aromatic heterocycles. The lowest BCUT2D eigenvalue weighted by molar-refractivity contribution is -0.118. The van der Waals surface area contributed by atoms with E-state index in [-0.39, 0.29) is 17.9 Å². The summed E-state index contributed by atoms with van der Waals surface area (Å²) < 4.78 is 6.28. The second-order valence-electron chi connectivity index (χ2n) is 7.45. The zero-order valence-electron chi connectivity index (χ0n) is 18.3. The molecule has 0 aliphatic rings. The number of pyridine rings is 1. The molecule has 6 heteroatoms. The van der Waals surface area contributed by atoms with Gasteiger partial charge in [0.25, 0.3) is 0 Å². The first-order valence-corrected chi connectivity index (χ1v) is 10.7. The van der Waals surface area contributed by atoms with Gasteiger partial charge in [0.1, 0.15) is 17.4 Å². The molecule has 0 fully saturated rings. The third kappa shape index (κ3) is 6.10. The predicted molar refractivity (Wildman–Crippen MR) is 120 cm³/mol. The number of nitrogens with zero attached hydrogens (tertiary/aromatic N) is 1. The van der Waals surface area contributed by atoms with Gasteiger partial charge in [0.15, 0.2) is 0 Å². The summed E-state index contributed by atoms with van der Waals surface area (Å²) in [6, 6.07) is 6.21. The average Bonchev–Trinajstić information content (AvgIpc) is 2.67. The fourth-order valence-corrected chi connectivity index (χ4v) is 3.51. The first-order valence-electron chi connectivity index (χ1n) is 10.1. The Morgan fingerprint density at radius 3 is 2.28 bits per heavy atom. The Labute approximate surface area is 179 Å². The number of amides is 1. The van der Waals surface area contributed by atoms with Crippen LogP contribution in [0.4, 0.5) is 11.5 Å². The van der Waals surface area contributed by atoms with E-state index in [4.69, 9.17) is 21.3 Å². The van der Waals surface area contributed by atoms with E-state index < -0.39 is 0 Å². The van der Waals surface area contributed by atoms with Gasteiger partial charge in [-0.3, -0.25) is 4.79 Å². The fourth-order valence-electron chi connectivity index (χ4n) is 3.41. The van der Waals surface area contributed by atoms with Crippen molar-refractivity contribution in [1.82, 2.24) is 10.3 Å². The Bertz CT molecular complexity index is 840. The smallest absolute Gasteiger partial charge is 0.235 e. The summed E-state index contributed by atoms with van der Waals surface area (Å²) in [5.41, 5.74) is 6.19. The number of ether oxygens (including phenoxy) is 1. The van der Waals surface area contributed by atoms with Crippen LogP contribution in [-0.2, 0) is 11.3 Å². The van der Waals surface area contributed by atoms with Gasteiger partial charge in [0.05, 0.1) is 18.2 Å². The first kappa shape index (κ1) is 23.0. The fraction of sp³-hybridized carbons (Fsp3) is 0.478. The molecular weight excluding hydrogens is 386 g/mol. The molecule has 1 aromatic carbocycles. The summed E-state index contributed by atoms with van der Waals surface area (Å²) in [7, 11) is 0. The summed E-state index contributed by atoms with van der Waals surface area (Å²) in [6.45, 7) is 12.7. The van der Waals surface area contributed by atoms with Crippen molar-refractivity contribution in [2.24, 2.45) is 0 Å². The molecule has 0 bridgehead atoms. The molecule has 2 aromatic rings. The number of carbonyl (C=O) groups excluding carboxylic acids is 1. The van der Waals surface area contributed by atoms with Gasteiger partial charge in [-0.15, -0.1) is 11.6 Å². The van der Waals surface area contributed by atoms with Crippen molar-refractivity contribution in [2.75, 3.05) is 11.2 Å². The molecule has 0 saturated heterocycles. The van der Waals surface area contributed by atoms with Crippen molar-refractivity contribution < 1.29 is 9.53 Å². The van der Waals surface area contributed by atoms with Crippen molar-refractivity contribution >= 4 is 29.0 Å². The van der Waals surface area contributed by atoms with Gasteiger partial charge in [-0.05, 0) is 51.7 Å². The highest BCUT2D eigenvalue weighted by Gasteiger charge is 2.18. The Kier molecular flexibility index (Phi) is 8.32. The van der Waals surface area contributed by atoms with E-state index in [1.165, 1.54) is 5.56 Å². The van der Waals surface area contributed by atoms with E-state index >= 15 is 0 Å². The maximum absolute atomic E-state index is 11.8. The van der Waals surface area contributed by atoms with Gasteiger partial charge in [-0.25, -0.2) is 4.98 Å². The summed E-state index contributed by atoms with van der Waals surface area (Å²) in [5, 5.41) is 6.34. The van der Waals surface area contributed by atoms with Crippen molar-refractivity contribution in [3.8, 4) is 5.75 Å². The minimum absolute atomic E-state index is 0.0824. The minimum Gasteiger partial charge on any atom is -0.490 e. The topological polar surface area (TPSA) is 63.2 Å². The van der Waals surface area contributed by atoms with E-state index in [2.05, 4.69) is 57.4 Å². The maximum atomic E-state index is 11.8. The van der Waals surface area contributed by atoms with Crippen LogP contribution in [-0.4, -0.2) is 22.9 Å². The molecule has 158 valence electrons. The first-order chi connectivity index (χ1) is 13.8. The standard InChI is InChI=1S/C23H32ClN3O2/c1-7-18(8-2)29-20-11-17(6)26-23(19(20)13-25-21(28)12-24)27-22-15(4)9-14(3)10-16(22)5/h9-11,18H,7-8,12-13H2,1-6H3,(H,25,28)(H,26,27). The minimum atomic E-state index is -0.227. The Morgan fingerprint density at radius 2 is 1.72 bits per heavy atom. The quantitative estimate of drug-likeness (QED) is 0.530. The Balaban J connectivity index is 2.51. The number of alkyl halides is 1. The highest BCUT2D eigenvalue weighted by molar-refractivity contribution is 6.27. The SMILES string of the molecule is CCC(CC)Oc1cc(C)nc(Nc2c(C)cc(C)cc2C)c1CNC(=O)CCl. The number of nitrogens with one attached hydrogen (secondary N) is 2. The maximum Gasteiger partial charge on any atom is 0.235 e. The Hall–Kier alpha value is -2.27. The number of aryl methyl sites for hydroxylation is 4. The van der Waals surface area contributed by atoms with E-state index in [1.54, 1.807) is 0 Å². The van der Waals surface area contributed by atoms with Gasteiger partial charge in [0.2, 0.25) is 5.91 Å². The molecule has 0 unspecified atom stereocenters. The van der Waals surface area contributed by atoms with E-state index in [9.17, 15) is 4.79 Å². The number of hydrogen-bond acceptors (Lipinski definition) is 4. The summed E-state index contributed by atoms with van der Waals surface area (Å²) in [6.07, 6.45) is 1.92. The van der Waals surface area contributed by atoms with E-state index in [0.29, 0.717) is 12.4 Å². The van der Waals surface area contributed by atoms with Crippen LogP contribution < -0.4 is 15.4 Å². The van der Waals surface area contributed by atoms with Crippen molar-refractivity contribution in [3.05, 3.63) is 46.1 Å². The third-order valence-corrected chi connectivity index (χ3v) is 5.16. The van der Waals surface area contributed by atoms with Crippen LogP contribution in [0.25, 0.3) is 0 Å². The van der Waals surface area contributed by atoms with Gasteiger partial charge in [0, 0.05) is 17.4 Å². The lowest BCUT2D eigenvalue weighted by Gasteiger charge is -2.22. The second-order valence-corrected chi connectivity index (χ2v) is 7.72. The highest BCUT2D eigenvalue weighted by Crippen LogP contribution is 2.32. The van der Waals surface area contributed by atoms with Crippen LogP contribution in [0, 0.1) is 27.7 Å². The number of halogens is 1. The van der Waals surface area contributed by atoms with Crippen molar-refractivity contribution in [1.29, 1.82) is 0 Å². The number of benzene rings is 1. The van der Waals surface area contributed by atoms with Crippen LogP contribution in [0.2, 0.25) is 0 Å². The molecule has 0 aliphatic carbocycles. The molecule has 1 heterocycles. The van der Waals surface area contributed by atoms with Crippen molar-refractivity contribution in [3.63, 3.8) is 0 Å². The number of carbonyl (C=O) groups is 1. The molecule has 2 rings (SSSR count). The van der Waals surface area contributed by atoms with Gasteiger partial charge < -0.3 is 15.4 Å². The Morgan fingerprint density at radius 1 is 1.10 bits per heavy atom. The molecule has 5 nitrogen and oxygen atoms in total. The molecule has 2 N–H and O–H groups in total. The summed E-state index contributed by atoms with van der Waals surface area (Å²) in [4.78, 5) is 16.5. The molecule has 0 saturated carbocycles. The van der Waals surface area contributed by atoms with Gasteiger partial charge in [-0.1, -0.05) is 31.5 Å². The third-order valence-electron chi connectivity index (χ3n) is 4.92. The highest BCUT2D eigenvalue weighted by atomic mass is 35.5. The molecule has 29 heavy (non-hydrogen) atoms. The summed E-state index contributed by atoms with van der Waals surface area (Å²) >= 11 is 5.66. The number of hydrogen-bond donors (Lipinski definition) is 2. The van der Waals surface area contributed by atoms with Crippen LogP contribution in [0.5, 0.6) is 5.75 Å². The summed E-state index contributed by atoms with van der Waals surface area (Å²) in [5.74, 6) is 1.12. The van der Waals surface area contributed by atoms with E-state index in [1.807, 2.05) is 13.0 Å². The normalized spacial score (nSPS) is 10.9. The van der Waals surface area contributed by atoms with Gasteiger partial charge in [-0.2, -0.15) is 0 Å². The number of anilines is 2. The molecule has 0 aliphatic heterocycles. The lowest BCUT2D eigenvalue weighted by Crippen LogP contribution is -2.25. The lowest BCUT2D eigenvalue weighted by atomic mass is 10.0. The predicted octanol–water partition coefficient (Wildman–Crippen LogP) is 5.48. The molecule has 0 spiro atoms. The zero-order chi connectivity index (χ0) is 21.6. The average molecular weight is 418 g/mol. The zero-order valence-corrected chi connectivity index (χ0v) is 19.0. The molecular formula is C23H32ClN3O2. The number of rotatable bonds is 9. The largest absolute Gasteiger partial charge is 0.490 e. The number of aromatic nitrogens is 1.